The molecule has 0 amide bonds. The van der Waals surface area contributed by atoms with Crippen molar-refractivity contribution in [3.05, 3.63) is 52.5 Å². The van der Waals surface area contributed by atoms with Crippen LogP contribution in [0.3, 0.4) is 0 Å². The highest BCUT2D eigenvalue weighted by Gasteiger charge is 2.20. The van der Waals surface area contributed by atoms with E-state index in [9.17, 15) is 17.2 Å². The molecule has 0 unspecified atom stereocenters. The summed E-state index contributed by atoms with van der Waals surface area (Å²) in [7, 11) is -4.18. The lowest BCUT2D eigenvalue weighted by atomic mass is 10.3. The molecule has 0 bridgehead atoms. The predicted molar refractivity (Wildman–Crippen MR) is 75.7 cm³/mol. The number of sulfonamides is 1. The van der Waals surface area contributed by atoms with Crippen molar-refractivity contribution >= 4 is 37.3 Å². The number of nitrogens with one attached hydrogen (secondary N) is 1. The second-order valence-electron chi connectivity index (χ2n) is 3.91. The Kier molecular flexibility index (Phi) is 3.96. The van der Waals surface area contributed by atoms with Crippen molar-refractivity contribution in [3.8, 4) is 0 Å². The van der Waals surface area contributed by atoms with E-state index < -0.39 is 26.6 Å². The van der Waals surface area contributed by atoms with E-state index in [1.165, 1.54) is 12.1 Å². The number of hydrogen-bond donors (Lipinski definition) is 2. The zero-order chi connectivity index (χ0) is 14.9. The second-order valence-corrected chi connectivity index (χ2v) is 6.48. The molecule has 0 aliphatic rings. The fourth-order valence-corrected chi connectivity index (χ4v) is 3.05. The average Bonchev–Trinajstić information content (AvgIpc) is 2.32. The number of rotatable bonds is 3. The zero-order valence-electron chi connectivity index (χ0n) is 9.90. The maximum absolute atomic E-state index is 13.5. The van der Waals surface area contributed by atoms with Gasteiger partial charge in [0.1, 0.15) is 16.5 Å². The minimum absolute atomic E-state index is 0.108. The van der Waals surface area contributed by atoms with E-state index in [1.54, 1.807) is 6.07 Å². The van der Waals surface area contributed by atoms with Crippen LogP contribution in [0.4, 0.5) is 20.2 Å². The maximum Gasteiger partial charge on any atom is 0.264 e. The van der Waals surface area contributed by atoms with Gasteiger partial charge in [0, 0.05) is 10.5 Å². The minimum Gasteiger partial charge on any atom is -0.397 e. The zero-order valence-corrected chi connectivity index (χ0v) is 12.3. The van der Waals surface area contributed by atoms with Gasteiger partial charge in [-0.3, -0.25) is 4.72 Å². The van der Waals surface area contributed by atoms with Crippen molar-refractivity contribution in [1.29, 1.82) is 0 Å². The predicted octanol–water partition coefficient (Wildman–Crippen LogP) is 3.11. The van der Waals surface area contributed by atoms with Crippen LogP contribution in [0.15, 0.2) is 45.8 Å². The summed E-state index contributed by atoms with van der Waals surface area (Å²) in [6, 6.07) is 6.72. The highest BCUT2D eigenvalue weighted by atomic mass is 79.9. The molecule has 8 heteroatoms. The molecule has 106 valence electrons. The Labute approximate surface area is 122 Å². The molecule has 0 aliphatic heterocycles. The van der Waals surface area contributed by atoms with Gasteiger partial charge in [0.05, 0.1) is 11.4 Å². The Morgan fingerprint density at radius 1 is 1.10 bits per heavy atom. The molecule has 20 heavy (non-hydrogen) atoms. The molecular weight excluding hydrogens is 354 g/mol. The normalized spacial score (nSPS) is 11.3. The van der Waals surface area contributed by atoms with Crippen LogP contribution < -0.4 is 10.5 Å². The second kappa shape index (κ2) is 5.37. The topological polar surface area (TPSA) is 72.2 Å². The highest BCUT2D eigenvalue weighted by Crippen LogP contribution is 2.26. The summed E-state index contributed by atoms with van der Waals surface area (Å²) < 4.78 is 53.2. The molecule has 2 aromatic carbocycles. The third kappa shape index (κ3) is 3.07. The molecule has 0 saturated heterocycles. The van der Waals surface area contributed by atoms with Gasteiger partial charge in [-0.05, 0) is 30.3 Å². The molecular formula is C12H9BrF2N2O2S. The largest absolute Gasteiger partial charge is 0.397 e. The molecule has 0 spiro atoms. The van der Waals surface area contributed by atoms with Crippen LogP contribution >= 0.6 is 15.9 Å². The van der Waals surface area contributed by atoms with Crippen molar-refractivity contribution in [3.63, 3.8) is 0 Å². The molecule has 0 fully saturated rings. The average molecular weight is 363 g/mol. The van der Waals surface area contributed by atoms with E-state index >= 15 is 0 Å². The summed E-state index contributed by atoms with van der Waals surface area (Å²) in [5.41, 5.74) is 5.94. The van der Waals surface area contributed by atoms with Crippen molar-refractivity contribution in [2.24, 2.45) is 0 Å². The maximum atomic E-state index is 13.5. The van der Waals surface area contributed by atoms with Crippen LogP contribution in [0.2, 0.25) is 0 Å². The van der Waals surface area contributed by atoms with Gasteiger partial charge in [0.15, 0.2) is 0 Å². The number of benzene rings is 2. The third-order valence-corrected chi connectivity index (χ3v) is 4.33. The van der Waals surface area contributed by atoms with E-state index in [-0.39, 0.29) is 11.4 Å². The molecule has 0 aromatic heterocycles. The fraction of sp³-hybridized carbons (Fsp3) is 0. The van der Waals surface area contributed by atoms with E-state index in [2.05, 4.69) is 20.7 Å². The first kappa shape index (κ1) is 14.7. The Morgan fingerprint density at radius 2 is 1.80 bits per heavy atom. The summed E-state index contributed by atoms with van der Waals surface area (Å²) in [6.45, 7) is 0. The van der Waals surface area contributed by atoms with E-state index in [0.29, 0.717) is 10.5 Å². The van der Waals surface area contributed by atoms with Gasteiger partial charge in [0.2, 0.25) is 0 Å². The smallest absolute Gasteiger partial charge is 0.264 e. The van der Waals surface area contributed by atoms with E-state index in [0.717, 1.165) is 12.1 Å². The lowest BCUT2D eigenvalue weighted by Gasteiger charge is -2.11. The summed E-state index contributed by atoms with van der Waals surface area (Å²) in [4.78, 5) is -0.652. The van der Waals surface area contributed by atoms with Crippen molar-refractivity contribution in [1.82, 2.24) is 0 Å². The van der Waals surface area contributed by atoms with Gasteiger partial charge < -0.3 is 5.73 Å². The third-order valence-electron chi connectivity index (χ3n) is 2.44. The number of nitrogen functional groups attached to an aromatic ring is 1. The first-order chi connectivity index (χ1) is 9.29. The van der Waals surface area contributed by atoms with Gasteiger partial charge in [0.25, 0.3) is 10.0 Å². The Morgan fingerprint density at radius 3 is 2.40 bits per heavy atom. The molecule has 0 heterocycles. The quantitative estimate of drug-likeness (QED) is 0.824. The van der Waals surface area contributed by atoms with Crippen LogP contribution in [0.1, 0.15) is 0 Å². The van der Waals surface area contributed by atoms with Crippen LogP contribution in [0, 0.1) is 11.6 Å². The molecule has 0 aliphatic carbocycles. The molecule has 0 saturated carbocycles. The van der Waals surface area contributed by atoms with Crippen molar-refractivity contribution in [2.45, 2.75) is 4.90 Å². The van der Waals surface area contributed by atoms with Gasteiger partial charge in [-0.15, -0.1) is 0 Å². The van der Waals surface area contributed by atoms with Crippen LogP contribution in [0.25, 0.3) is 0 Å². The van der Waals surface area contributed by atoms with Gasteiger partial charge >= 0.3 is 0 Å². The SMILES string of the molecule is Nc1cc(Br)ccc1NS(=O)(=O)c1ccc(F)cc1F. The van der Waals surface area contributed by atoms with Crippen LogP contribution in [0.5, 0.6) is 0 Å². The molecule has 3 N–H and O–H groups in total. The lowest BCUT2D eigenvalue weighted by molar-refractivity contribution is 0.551. The molecule has 2 aromatic rings. The molecule has 0 radical (unpaired) electrons. The standard InChI is InChI=1S/C12H9BrF2N2O2S/c13-7-1-3-11(10(16)5-7)17-20(18,19)12-4-2-8(14)6-9(12)15/h1-6,17H,16H2. The van der Waals surface area contributed by atoms with Crippen molar-refractivity contribution in [2.75, 3.05) is 10.5 Å². The molecule has 2 rings (SSSR count). The van der Waals surface area contributed by atoms with Gasteiger partial charge in [-0.1, -0.05) is 15.9 Å². The lowest BCUT2D eigenvalue weighted by Crippen LogP contribution is -2.15. The summed E-state index contributed by atoms with van der Waals surface area (Å²) in [5.74, 6) is -2.03. The number of hydrogen-bond acceptors (Lipinski definition) is 3. The van der Waals surface area contributed by atoms with E-state index in [1.807, 2.05) is 0 Å². The van der Waals surface area contributed by atoms with Gasteiger partial charge in [-0.25, -0.2) is 17.2 Å². The number of anilines is 2. The first-order valence-electron chi connectivity index (χ1n) is 5.32. The van der Waals surface area contributed by atoms with Crippen molar-refractivity contribution < 1.29 is 17.2 Å². The number of halogens is 3. The summed E-state index contributed by atoms with van der Waals surface area (Å²) in [6.07, 6.45) is 0. The van der Waals surface area contributed by atoms with Crippen LogP contribution in [-0.4, -0.2) is 8.42 Å². The van der Waals surface area contributed by atoms with Gasteiger partial charge in [-0.2, -0.15) is 0 Å². The van der Waals surface area contributed by atoms with Crippen LogP contribution in [-0.2, 0) is 10.0 Å². The highest BCUT2D eigenvalue weighted by molar-refractivity contribution is 9.10. The van der Waals surface area contributed by atoms with E-state index in [4.69, 9.17) is 5.73 Å². The first-order valence-corrected chi connectivity index (χ1v) is 7.60. The summed E-state index contributed by atoms with van der Waals surface area (Å²) >= 11 is 3.18. The Bertz CT molecular complexity index is 766. The monoisotopic (exact) mass is 362 g/mol. The molecule has 4 nitrogen and oxygen atoms in total. The number of nitrogens with two attached hydrogens (primary N) is 1. The Hall–Kier alpha value is -1.67. The molecule has 0 atom stereocenters. The summed E-state index contributed by atoms with van der Waals surface area (Å²) in [5, 5.41) is 0. The fourth-order valence-electron chi connectivity index (χ4n) is 1.52. The minimum atomic E-state index is -4.18. The Balaban J connectivity index is 2.41.